The lowest BCUT2D eigenvalue weighted by Crippen LogP contribution is -2.38. The molecule has 1 aliphatic rings. The highest BCUT2D eigenvalue weighted by atomic mass is 19.2. The lowest BCUT2D eigenvalue weighted by Gasteiger charge is -2.20. The van der Waals surface area contributed by atoms with Crippen molar-refractivity contribution in [2.45, 2.75) is 52.7 Å². The van der Waals surface area contributed by atoms with E-state index in [0.717, 1.165) is 35.3 Å². The highest BCUT2D eigenvalue weighted by Gasteiger charge is 2.31. The van der Waals surface area contributed by atoms with Gasteiger partial charge in [-0.3, -0.25) is 4.79 Å². The van der Waals surface area contributed by atoms with Gasteiger partial charge in [-0.1, -0.05) is 21.8 Å². The summed E-state index contributed by atoms with van der Waals surface area (Å²) in [6.45, 7) is 7.26. The van der Waals surface area contributed by atoms with Crippen LogP contribution in [0.5, 0.6) is 11.6 Å². The second kappa shape index (κ2) is 9.24. The van der Waals surface area contributed by atoms with Gasteiger partial charge >= 0.3 is 0 Å². The summed E-state index contributed by atoms with van der Waals surface area (Å²) in [7, 11) is 1.61. The number of ether oxygens (including phenoxy) is 2. The Hall–Kier alpha value is -2.96. The van der Waals surface area contributed by atoms with Crippen LogP contribution in [0.25, 0.3) is 0 Å². The summed E-state index contributed by atoms with van der Waals surface area (Å²) in [6.07, 6.45) is 1.16. The molecule has 1 aromatic carbocycles. The van der Waals surface area contributed by atoms with E-state index in [1.54, 1.807) is 27.0 Å². The minimum absolute atomic E-state index is 0.171. The van der Waals surface area contributed by atoms with Gasteiger partial charge in [0.2, 0.25) is 5.88 Å². The molecule has 7 heteroatoms. The van der Waals surface area contributed by atoms with Gasteiger partial charge in [0, 0.05) is 17.5 Å². The molecule has 1 saturated carbocycles. The molecule has 2 atom stereocenters. The Morgan fingerprint density at radius 2 is 1.90 bits per heavy atom. The molecule has 1 amide bonds. The van der Waals surface area contributed by atoms with Gasteiger partial charge in [-0.05, 0) is 63.8 Å². The molecule has 2 aromatic rings. The molecule has 30 heavy (non-hydrogen) atoms. The molecule has 160 valence electrons. The van der Waals surface area contributed by atoms with Gasteiger partial charge in [0.25, 0.3) is 5.91 Å². The van der Waals surface area contributed by atoms with Crippen LogP contribution >= 0.6 is 0 Å². The summed E-state index contributed by atoms with van der Waals surface area (Å²) in [6, 6.07) is 9.07. The minimum Gasteiger partial charge on any atom is -0.497 e. The van der Waals surface area contributed by atoms with Crippen molar-refractivity contribution in [1.29, 1.82) is 0 Å². The lowest BCUT2D eigenvalue weighted by molar-refractivity contribution is -0.128. The van der Waals surface area contributed by atoms with Crippen LogP contribution in [0.4, 0.5) is 4.48 Å². The number of aryl methyl sites for hydroxylation is 2. The number of methoxy groups -OCH3 is 1. The SMILES string of the molecule is COc1ccc([C@H](C)NC(=O)C(C)Oc2cc(C)c(/C(=N\F)C3CC3)c(C)n2)cc1. The zero-order valence-corrected chi connectivity index (χ0v) is 18.0. The smallest absolute Gasteiger partial charge is 0.261 e. The Labute approximate surface area is 176 Å². The largest absolute Gasteiger partial charge is 0.497 e. The second-order valence-electron chi connectivity index (χ2n) is 7.75. The maximum atomic E-state index is 13.2. The fraction of sp³-hybridized carbons (Fsp3) is 0.435. The molecule has 1 fully saturated rings. The normalized spacial score (nSPS) is 16.0. The molecular formula is C23H28FN3O3. The number of pyridine rings is 1. The fourth-order valence-electron chi connectivity index (χ4n) is 3.46. The topological polar surface area (TPSA) is 72.8 Å². The third kappa shape index (κ3) is 4.96. The number of carbonyl (C=O) groups is 1. The van der Waals surface area contributed by atoms with Crippen molar-refractivity contribution in [3.63, 3.8) is 0 Å². The third-order valence-corrected chi connectivity index (χ3v) is 5.33. The number of hydrogen-bond acceptors (Lipinski definition) is 5. The van der Waals surface area contributed by atoms with Crippen LogP contribution in [0.15, 0.2) is 35.5 Å². The van der Waals surface area contributed by atoms with Crippen LogP contribution in [-0.4, -0.2) is 29.8 Å². The quantitative estimate of drug-likeness (QED) is 0.650. The van der Waals surface area contributed by atoms with E-state index in [0.29, 0.717) is 17.3 Å². The van der Waals surface area contributed by atoms with Gasteiger partial charge in [-0.2, -0.15) is 0 Å². The summed E-state index contributed by atoms with van der Waals surface area (Å²) < 4.78 is 24.1. The zero-order chi connectivity index (χ0) is 21.8. The molecule has 6 nitrogen and oxygen atoms in total. The molecule has 3 rings (SSSR count). The first-order valence-electron chi connectivity index (χ1n) is 10.1. The highest BCUT2D eigenvalue weighted by molar-refractivity contribution is 6.05. The van der Waals surface area contributed by atoms with Gasteiger partial charge in [0.1, 0.15) is 5.75 Å². The van der Waals surface area contributed by atoms with Crippen molar-refractivity contribution in [1.82, 2.24) is 10.3 Å². The van der Waals surface area contributed by atoms with Gasteiger partial charge < -0.3 is 14.8 Å². The van der Waals surface area contributed by atoms with Crippen molar-refractivity contribution in [3.05, 3.63) is 52.7 Å². The number of aromatic nitrogens is 1. The summed E-state index contributed by atoms with van der Waals surface area (Å²) >= 11 is 0. The molecule has 1 N–H and O–H groups in total. The van der Waals surface area contributed by atoms with E-state index in [9.17, 15) is 9.28 Å². The van der Waals surface area contributed by atoms with Crippen LogP contribution in [0.3, 0.4) is 0 Å². The van der Waals surface area contributed by atoms with Gasteiger partial charge in [-0.15, -0.1) is 0 Å². The Bertz CT molecular complexity index is 916. The Kier molecular flexibility index (Phi) is 6.70. The summed E-state index contributed by atoms with van der Waals surface area (Å²) in [4.78, 5) is 17.0. The first kappa shape index (κ1) is 21.7. The molecule has 0 radical (unpaired) electrons. The summed E-state index contributed by atoms with van der Waals surface area (Å²) in [5, 5.41) is 5.94. The van der Waals surface area contributed by atoms with Crippen LogP contribution in [0, 0.1) is 19.8 Å². The predicted molar refractivity (Wildman–Crippen MR) is 114 cm³/mol. The molecule has 1 aliphatic carbocycles. The number of benzene rings is 1. The second-order valence-corrected chi connectivity index (χ2v) is 7.75. The van der Waals surface area contributed by atoms with E-state index < -0.39 is 6.10 Å². The first-order valence-corrected chi connectivity index (χ1v) is 10.1. The van der Waals surface area contributed by atoms with Crippen LogP contribution in [0.2, 0.25) is 0 Å². The van der Waals surface area contributed by atoms with Crippen LogP contribution in [-0.2, 0) is 4.79 Å². The lowest BCUT2D eigenvalue weighted by atomic mass is 10.00. The number of halogens is 1. The van der Waals surface area contributed by atoms with Gasteiger partial charge in [-0.25, -0.2) is 4.98 Å². The number of nitrogens with zero attached hydrogens (tertiary/aromatic N) is 2. The Balaban J connectivity index is 1.65. The average Bonchev–Trinajstić information content (AvgIpc) is 3.55. The standard InChI is InChI=1S/C23H28FN3O3/c1-13-12-20(25-15(3)21(13)22(27-24)18-6-7-18)30-16(4)23(28)26-14(2)17-8-10-19(29-5)11-9-17/h8-12,14,16,18H,6-7H2,1-5H3,(H,26,28)/b27-22-/t14-,16?/m0/s1. The van der Waals surface area contributed by atoms with Crippen molar-refractivity contribution in [2.24, 2.45) is 11.1 Å². The van der Waals surface area contributed by atoms with E-state index in [2.05, 4.69) is 15.5 Å². The molecule has 0 aliphatic heterocycles. The average molecular weight is 413 g/mol. The summed E-state index contributed by atoms with van der Waals surface area (Å²) in [5.41, 5.74) is 3.64. The Morgan fingerprint density at radius 3 is 2.43 bits per heavy atom. The third-order valence-electron chi connectivity index (χ3n) is 5.33. The molecule has 1 heterocycles. The first-order chi connectivity index (χ1) is 14.3. The number of nitrogens with one attached hydrogen (secondary N) is 1. The number of amides is 1. The minimum atomic E-state index is -0.736. The molecule has 0 spiro atoms. The number of rotatable bonds is 8. The fourth-order valence-corrected chi connectivity index (χ4v) is 3.46. The van der Waals surface area contributed by atoms with Crippen molar-refractivity contribution in [2.75, 3.05) is 7.11 Å². The molecule has 1 unspecified atom stereocenters. The van der Waals surface area contributed by atoms with Crippen molar-refractivity contribution >= 4 is 11.6 Å². The number of hydrogen-bond donors (Lipinski definition) is 1. The molecule has 0 saturated heterocycles. The van der Waals surface area contributed by atoms with Crippen LogP contribution < -0.4 is 14.8 Å². The highest BCUT2D eigenvalue weighted by Crippen LogP contribution is 2.35. The van der Waals surface area contributed by atoms with Gasteiger partial charge in [0.15, 0.2) is 6.10 Å². The molecule has 1 aromatic heterocycles. The monoisotopic (exact) mass is 413 g/mol. The summed E-state index contributed by atoms with van der Waals surface area (Å²) in [5.74, 6) is 1.02. The van der Waals surface area contributed by atoms with E-state index in [1.807, 2.05) is 38.1 Å². The van der Waals surface area contributed by atoms with E-state index in [1.165, 1.54) is 0 Å². The Morgan fingerprint density at radius 1 is 1.23 bits per heavy atom. The number of carbonyl (C=O) groups excluding carboxylic acids is 1. The van der Waals surface area contributed by atoms with E-state index in [4.69, 9.17) is 9.47 Å². The zero-order valence-electron chi connectivity index (χ0n) is 18.0. The molecular weight excluding hydrogens is 385 g/mol. The van der Waals surface area contributed by atoms with Crippen molar-refractivity contribution in [3.8, 4) is 11.6 Å². The molecule has 0 bridgehead atoms. The van der Waals surface area contributed by atoms with Crippen LogP contribution in [0.1, 0.15) is 55.1 Å². The maximum Gasteiger partial charge on any atom is 0.261 e. The predicted octanol–water partition coefficient (Wildman–Crippen LogP) is 4.44. The maximum absolute atomic E-state index is 13.2. The van der Waals surface area contributed by atoms with Crippen molar-refractivity contribution < 1.29 is 18.7 Å². The van der Waals surface area contributed by atoms with Gasteiger partial charge in [0.05, 0.1) is 24.6 Å². The van der Waals surface area contributed by atoms with E-state index >= 15 is 0 Å². The van der Waals surface area contributed by atoms with E-state index in [-0.39, 0.29) is 17.9 Å².